The minimum atomic E-state index is -4.48. The number of anilines is 1. The molecule has 0 saturated carbocycles. The highest BCUT2D eigenvalue weighted by Crippen LogP contribution is 2.35. The van der Waals surface area contributed by atoms with Crippen molar-refractivity contribution in [2.45, 2.75) is 20.0 Å². The molecule has 0 amide bonds. The SMILES string of the molecule is CC(=O)c1ccc(C(F)(F)F)c(N)c1C. The third-order valence-corrected chi connectivity index (χ3v) is 2.20. The molecule has 0 fully saturated rings. The first-order valence-corrected chi connectivity index (χ1v) is 4.22. The summed E-state index contributed by atoms with van der Waals surface area (Å²) in [6.07, 6.45) is -4.48. The number of ketones is 1. The number of nitrogens with two attached hydrogens (primary N) is 1. The fourth-order valence-electron chi connectivity index (χ4n) is 1.36. The number of rotatable bonds is 1. The molecule has 0 spiro atoms. The van der Waals surface area contributed by atoms with E-state index in [2.05, 4.69) is 0 Å². The van der Waals surface area contributed by atoms with Crippen molar-refractivity contribution in [1.29, 1.82) is 0 Å². The Kier molecular flexibility index (Phi) is 2.75. The maximum Gasteiger partial charge on any atom is 0.418 e. The topological polar surface area (TPSA) is 43.1 Å². The summed E-state index contributed by atoms with van der Waals surface area (Å²) >= 11 is 0. The quantitative estimate of drug-likeness (QED) is 0.580. The van der Waals surface area contributed by atoms with Crippen molar-refractivity contribution in [2.24, 2.45) is 0 Å². The van der Waals surface area contributed by atoms with Crippen LogP contribution in [0.3, 0.4) is 0 Å². The molecule has 0 heterocycles. The molecule has 0 saturated heterocycles. The van der Waals surface area contributed by atoms with Crippen LogP contribution in [0.25, 0.3) is 0 Å². The second kappa shape index (κ2) is 3.56. The van der Waals surface area contributed by atoms with Gasteiger partial charge in [0.25, 0.3) is 0 Å². The van der Waals surface area contributed by atoms with Gasteiger partial charge in [-0.05, 0) is 25.5 Å². The third-order valence-electron chi connectivity index (χ3n) is 2.20. The van der Waals surface area contributed by atoms with E-state index in [1.54, 1.807) is 0 Å². The zero-order valence-electron chi connectivity index (χ0n) is 8.27. The van der Waals surface area contributed by atoms with Gasteiger partial charge in [0.1, 0.15) is 0 Å². The average Bonchev–Trinajstić information content (AvgIpc) is 2.06. The summed E-state index contributed by atoms with van der Waals surface area (Å²) in [5.41, 5.74) is 4.46. The van der Waals surface area contributed by atoms with E-state index >= 15 is 0 Å². The summed E-state index contributed by atoms with van der Waals surface area (Å²) in [4.78, 5) is 11.0. The fourth-order valence-corrected chi connectivity index (χ4v) is 1.36. The van der Waals surface area contributed by atoms with Crippen molar-refractivity contribution in [2.75, 3.05) is 5.73 Å². The van der Waals surface area contributed by atoms with E-state index in [0.717, 1.165) is 12.1 Å². The number of hydrogen-bond acceptors (Lipinski definition) is 2. The highest BCUT2D eigenvalue weighted by molar-refractivity contribution is 5.97. The summed E-state index contributed by atoms with van der Waals surface area (Å²) < 4.78 is 37.2. The lowest BCUT2D eigenvalue weighted by Gasteiger charge is -2.13. The lowest BCUT2D eigenvalue weighted by Crippen LogP contribution is -2.12. The van der Waals surface area contributed by atoms with Crippen LogP contribution in [0, 0.1) is 6.92 Å². The fraction of sp³-hybridized carbons (Fsp3) is 0.300. The normalized spacial score (nSPS) is 11.5. The number of hydrogen-bond donors (Lipinski definition) is 1. The Bertz CT molecular complexity index is 410. The molecular weight excluding hydrogens is 207 g/mol. The second-order valence-corrected chi connectivity index (χ2v) is 3.25. The van der Waals surface area contributed by atoms with E-state index in [4.69, 9.17) is 5.73 Å². The molecule has 0 aliphatic rings. The lowest BCUT2D eigenvalue weighted by molar-refractivity contribution is -0.136. The molecular formula is C10H10F3NO. The number of alkyl halides is 3. The molecule has 1 rings (SSSR count). The van der Waals surface area contributed by atoms with Gasteiger partial charge in [0.2, 0.25) is 0 Å². The van der Waals surface area contributed by atoms with Crippen molar-refractivity contribution < 1.29 is 18.0 Å². The van der Waals surface area contributed by atoms with Crippen LogP contribution in [0.5, 0.6) is 0 Å². The molecule has 5 heteroatoms. The first kappa shape index (κ1) is 11.6. The molecule has 0 aliphatic carbocycles. The molecule has 0 aliphatic heterocycles. The zero-order valence-corrected chi connectivity index (χ0v) is 8.27. The molecule has 0 radical (unpaired) electrons. The summed E-state index contributed by atoms with van der Waals surface area (Å²) in [5.74, 6) is -0.298. The molecule has 15 heavy (non-hydrogen) atoms. The molecule has 82 valence electrons. The van der Waals surface area contributed by atoms with Crippen LogP contribution in [0.15, 0.2) is 12.1 Å². The Labute approximate surface area is 84.9 Å². The van der Waals surface area contributed by atoms with Gasteiger partial charge in [-0.15, -0.1) is 0 Å². The van der Waals surface area contributed by atoms with Gasteiger partial charge in [-0.3, -0.25) is 4.79 Å². The van der Waals surface area contributed by atoms with Crippen molar-refractivity contribution in [3.8, 4) is 0 Å². The van der Waals surface area contributed by atoms with Gasteiger partial charge in [0.15, 0.2) is 5.78 Å². The molecule has 0 aromatic heterocycles. The smallest absolute Gasteiger partial charge is 0.398 e. The molecule has 0 atom stereocenters. The van der Waals surface area contributed by atoms with Crippen LogP contribution in [-0.4, -0.2) is 5.78 Å². The average molecular weight is 217 g/mol. The van der Waals surface area contributed by atoms with Crippen molar-refractivity contribution >= 4 is 11.5 Å². The summed E-state index contributed by atoms with van der Waals surface area (Å²) in [6, 6.07) is 1.98. The molecule has 2 N–H and O–H groups in total. The van der Waals surface area contributed by atoms with Crippen molar-refractivity contribution in [3.63, 3.8) is 0 Å². The van der Waals surface area contributed by atoms with E-state index in [-0.39, 0.29) is 22.6 Å². The predicted molar refractivity (Wildman–Crippen MR) is 50.6 cm³/mol. The first-order chi connectivity index (χ1) is 6.75. The Morgan fingerprint density at radius 3 is 2.27 bits per heavy atom. The van der Waals surface area contributed by atoms with Crippen LogP contribution in [0.1, 0.15) is 28.4 Å². The molecule has 1 aromatic carbocycles. The first-order valence-electron chi connectivity index (χ1n) is 4.22. The number of carbonyl (C=O) groups is 1. The van der Waals surface area contributed by atoms with E-state index < -0.39 is 11.7 Å². The highest BCUT2D eigenvalue weighted by atomic mass is 19.4. The number of carbonyl (C=O) groups excluding carboxylic acids is 1. The van der Waals surface area contributed by atoms with E-state index in [9.17, 15) is 18.0 Å². The second-order valence-electron chi connectivity index (χ2n) is 3.25. The third kappa shape index (κ3) is 2.11. The Hall–Kier alpha value is -1.52. The standard InChI is InChI=1S/C10H10F3NO/c1-5-7(6(2)15)3-4-8(9(5)14)10(11,12)13/h3-4H,14H2,1-2H3. The Morgan fingerprint density at radius 1 is 1.33 bits per heavy atom. The van der Waals surface area contributed by atoms with E-state index in [1.807, 2.05) is 0 Å². The van der Waals surface area contributed by atoms with Crippen molar-refractivity contribution in [3.05, 3.63) is 28.8 Å². The molecule has 1 aromatic rings. The van der Waals surface area contributed by atoms with Gasteiger partial charge in [0, 0.05) is 11.3 Å². The Balaban J connectivity index is 3.41. The van der Waals surface area contributed by atoms with Gasteiger partial charge in [-0.25, -0.2) is 0 Å². The largest absolute Gasteiger partial charge is 0.418 e. The Morgan fingerprint density at radius 2 is 1.87 bits per heavy atom. The monoisotopic (exact) mass is 217 g/mol. The van der Waals surface area contributed by atoms with Crippen LogP contribution in [0.4, 0.5) is 18.9 Å². The van der Waals surface area contributed by atoms with Gasteiger partial charge < -0.3 is 5.73 Å². The van der Waals surface area contributed by atoms with Gasteiger partial charge >= 0.3 is 6.18 Å². The summed E-state index contributed by atoms with van der Waals surface area (Å²) in [7, 11) is 0. The van der Waals surface area contributed by atoms with Gasteiger partial charge in [0.05, 0.1) is 5.56 Å². The van der Waals surface area contributed by atoms with Crippen LogP contribution >= 0.6 is 0 Å². The zero-order chi connectivity index (χ0) is 11.8. The van der Waals surface area contributed by atoms with Crippen LogP contribution < -0.4 is 5.73 Å². The minimum Gasteiger partial charge on any atom is -0.398 e. The maximum absolute atomic E-state index is 12.4. The maximum atomic E-state index is 12.4. The van der Waals surface area contributed by atoms with Crippen molar-refractivity contribution in [1.82, 2.24) is 0 Å². The highest BCUT2D eigenvalue weighted by Gasteiger charge is 2.33. The number of halogens is 3. The van der Waals surface area contributed by atoms with E-state index in [1.165, 1.54) is 13.8 Å². The van der Waals surface area contributed by atoms with Crippen LogP contribution in [0.2, 0.25) is 0 Å². The van der Waals surface area contributed by atoms with Crippen LogP contribution in [-0.2, 0) is 6.18 Å². The summed E-state index contributed by atoms with van der Waals surface area (Å²) in [5, 5.41) is 0. The van der Waals surface area contributed by atoms with Gasteiger partial charge in [-0.1, -0.05) is 6.07 Å². The molecule has 0 unspecified atom stereocenters. The number of nitrogen functional groups attached to an aromatic ring is 1. The lowest BCUT2D eigenvalue weighted by atomic mass is 9.99. The number of Topliss-reactive ketones (excluding diaryl/α,β-unsaturated/α-hetero) is 1. The van der Waals surface area contributed by atoms with E-state index in [0.29, 0.717) is 0 Å². The molecule has 2 nitrogen and oxygen atoms in total. The van der Waals surface area contributed by atoms with Gasteiger partial charge in [-0.2, -0.15) is 13.2 Å². The minimum absolute atomic E-state index is 0.178. The number of benzene rings is 1. The summed E-state index contributed by atoms with van der Waals surface area (Å²) in [6.45, 7) is 2.69. The molecule has 0 bridgehead atoms. The predicted octanol–water partition coefficient (Wildman–Crippen LogP) is 2.80.